The maximum Gasteiger partial charge on any atom is 0.0181 e. The molecule has 0 aromatic heterocycles. The van der Waals surface area contributed by atoms with E-state index in [0.717, 1.165) is 4.47 Å². The molecular weight excluding hydrogens is 368 g/mol. The Morgan fingerprint density at radius 3 is 2.04 bits per heavy atom. The third kappa shape index (κ3) is 2.43. The molecule has 0 amide bonds. The van der Waals surface area contributed by atoms with Crippen LogP contribution in [0.3, 0.4) is 0 Å². The highest BCUT2D eigenvalue weighted by atomic mass is 79.9. The normalized spacial score (nSPS) is 11.4. The molecule has 0 unspecified atom stereocenters. The zero-order valence-electron chi connectivity index (χ0n) is 13.5. The van der Waals surface area contributed by atoms with E-state index in [1.54, 1.807) is 0 Å². The Morgan fingerprint density at radius 1 is 0.480 bits per heavy atom. The Bertz CT molecular complexity index is 1250. The summed E-state index contributed by atoms with van der Waals surface area (Å²) < 4.78 is 1.11. The van der Waals surface area contributed by atoms with Crippen molar-refractivity contribution in [1.82, 2.24) is 0 Å². The van der Waals surface area contributed by atoms with Gasteiger partial charge in [0.05, 0.1) is 0 Å². The standard InChI is InChI=1S/C24H15Br/c25-20-12-11-16-13-19(10-9-17(16)14-20)24-15-18-5-1-2-6-21(18)22-7-3-4-8-23(22)24/h1-15H. The number of benzene rings is 5. The van der Waals surface area contributed by atoms with Gasteiger partial charge in [0, 0.05) is 4.47 Å². The number of halogens is 1. The van der Waals surface area contributed by atoms with Gasteiger partial charge in [-0.1, -0.05) is 82.7 Å². The third-order valence-corrected chi connectivity index (χ3v) is 5.37. The Labute approximate surface area is 154 Å². The summed E-state index contributed by atoms with van der Waals surface area (Å²) in [4.78, 5) is 0. The second kappa shape index (κ2) is 5.72. The summed E-state index contributed by atoms with van der Waals surface area (Å²) in [5, 5.41) is 7.73. The largest absolute Gasteiger partial charge is 0.0616 e. The molecule has 5 aromatic rings. The highest BCUT2D eigenvalue weighted by Crippen LogP contribution is 2.36. The monoisotopic (exact) mass is 382 g/mol. The molecule has 0 nitrogen and oxygen atoms in total. The van der Waals surface area contributed by atoms with E-state index >= 15 is 0 Å². The van der Waals surface area contributed by atoms with E-state index in [4.69, 9.17) is 0 Å². The Hall–Kier alpha value is -2.64. The molecule has 1 heteroatoms. The summed E-state index contributed by atoms with van der Waals surface area (Å²) in [5.41, 5.74) is 2.55. The molecule has 0 saturated carbocycles. The lowest BCUT2D eigenvalue weighted by Gasteiger charge is -2.12. The number of fused-ring (bicyclic) bond motifs is 4. The van der Waals surface area contributed by atoms with Gasteiger partial charge >= 0.3 is 0 Å². The van der Waals surface area contributed by atoms with E-state index in [1.807, 2.05) is 0 Å². The van der Waals surface area contributed by atoms with Crippen LogP contribution in [0, 0.1) is 0 Å². The van der Waals surface area contributed by atoms with E-state index in [9.17, 15) is 0 Å². The van der Waals surface area contributed by atoms with Crippen molar-refractivity contribution in [3.8, 4) is 11.1 Å². The maximum absolute atomic E-state index is 3.56. The Balaban J connectivity index is 1.86. The summed E-state index contributed by atoms with van der Waals surface area (Å²) in [6.07, 6.45) is 0. The first kappa shape index (κ1) is 14.7. The molecule has 0 aliphatic heterocycles. The molecule has 0 heterocycles. The molecule has 5 rings (SSSR count). The topological polar surface area (TPSA) is 0 Å². The van der Waals surface area contributed by atoms with E-state index in [2.05, 4.69) is 107 Å². The van der Waals surface area contributed by atoms with Crippen molar-refractivity contribution in [2.24, 2.45) is 0 Å². The van der Waals surface area contributed by atoms with E-state index < -0.39 is 0 Å². The van der Waals surface area contributed by atoms with E-state index in [1.165, 1.54) is 43.4 Å². The van der Waals surface area contributed by atoms with Crippen LogP contribution in [0.1, 0.15) is 0 Å². The molecule has 0 saturated heterocycles. The zero-order chi connectivity index (χ0) is 16.8. The first-order valence-corrected chi connectivity index (χ1v) is 9.19. The van der Waals surface area contributed by atoms with Crippen LogP contribution in [0.25, 0.3) is 43.4 Å². The van der Waals surface area contributed by atoms with Crippen molar-refractivity contribution in [2.45, 2.75) is 0 Å². The lowest BCUT2D eigenvalue weighted by atomic mass is 9.92. The van der Waals surface area contributed by atoms with Gasteiger partial charge in [-0.25, -0.2) is 0 Å². The zero-order valence-corrected chi connectivity index (χ0v) is 15.1. The minimum Gasteiger partial charge on any atom is -0.0616 e. The van der Waals surface area contributed by atoms with Crippen LogP contribution >= 0.6 is 15.9 Å². The summed E-state index contributed by atoms with van der Waals surface area (Å²) in [6, 6.07) is 32.8. The second-order valence-electron chi connectivity index (χ2n) is 6.40. The third-order valence-electron chi connectivity index (χ3n) is 4.88. The minimum absolute atomic E-state index is 1.11. The van der Waals surface area contributed by atoms with Crippen LogP contribution in [0.5, 0.6) is 0 Å². The molecule has 118 valence electrons. The SMILES string of the molecule is Brc1ccc2cc(-c3cc4ccccc4c4ccccc34)ccc2c1. The van der Waals surface area contributed by atoms with Gasteiger partial charge in [0.15, 0.2) is 0 Å². The van der Waals surface area contributed by atoms with Crippen LogP contribution in [0.15, 0.2) is 95.5 Å². The van der Waals surface area contributed by atoms with Crippen molar-refractivity contribution in [3.63, 3.8) is 0 Å². The summed E-state index contributed by atoms with van der Waals surface area (Å²) >= 11 is 3.56. The fourth-order valence-electron chi connectivity index (χ4n) is 3.68. The van der Waals surface area contributed by atoms with Crippen molar-refractivity contribution in [1.29, 1.82) is 0 Å². The first-order valence-electron chi connectivity index (χ1n) is 8.40. The van der Waals surface area contributed by atoms with Crippen LogP contribution in [-0.4, -0.2) is 0 Å². The quantitative estimate of drug-likeness (QED) is 0.262. The van der Waals surface area contributed by atoms with Crippen molar-refractivity contribution >= 4 is 48.2 Å². The molecule has 0 radical (unpaired) electrons. The molecule has 25 heavy (non-hydrogen) atoms. The lowest BCUT2D eigenvalue weighted by Crippen LogP contribution is -1.85. The van der Waals surface area contributed by atoms with Crippen LogP contribution < -0.4 is 0 Å². The van der Waals surface area contributed by atoms with Gasteiger partial charge in [-0.2, -0.15) is 0 Å². The second-order valence-corrected chi connectivity index (χ2v) is 7.31. The molecule has 5 aromatic carbocycles. The van der Waals surface area contributed by atoms with Gasteiger partial charge < -0.3 is 0 Å². The molecule has 0 atom stereocenters. The highest BCUT2D eigenvalue weighted by Gasteiger charge is 2.08. The predicted molar refractivity (Wildman–Crippen MR) is 112 cm³/mol. The number of hydrogen-bond donors (Lipinski definition) is 0. The van der Waals surface area contributed by atoms with Gasteiger partial charge in [0.25, 0.3) is 0 Å². The fourth-order valence-corrected chi connectivity index (χ4v) is 4.06. The van der Waals surface area contributed by atoms with Crippen molar-refractivity contribution in [3.05, 3.63) is 95.5 Å². The van der Waals surface area contributed by atoms with Gasteiger partial charge in [0.1, 0.15) is 0 Å². The molecule has 0 aliphatic carbocycles. The molecule has 0 fully saturated rings. The molecule has 0 spiro atoms. The Morgan fingerprint density at radius 2 is 1.16 bits per heavy atom. The van der Waals surface area contributed by atoms with Crippen molar-refractivity contribution in [2.75, 3.05) is 0 Å². The van der Waals surface area contributed by atoms with Crippen LogP contribution in [0.2, 0.25) is 0 Å². The van der Waals surface area contributed by atoms with Gasteiger partial charge in [-0.15, -0.1) is 0 Å². The molecular formula is C24H15Br. The van der Waals surface area contributed by atoms with E-state index in [0.29, 0.717) is 0 Å². The summed E-state index contributed by atoms with van der Waals surface area (Å²) in [6.45, 7) is 0. The summed E-state index contributed by atoms with van der Waals surface area (Å²) in [5.74, 6) is 0. The van der Waals surface area contributed by atoms with Crippen LogP contribution in [0.4, 0.5) is 0 Å². The summed E-state index contributed by atoms with van der Waals surface area (Å²) in [7, 11) is 0. The van der Waals surface area contributed by atoms with E-state index in [-0.39, 0.29) is 0 Å². The fraction of sp³-hybridized carbons (Fsp3) is 0. The number of hydrogen-bond acceptors (Lipinski definition) is 0. The van der Waals surface area contributed by atoms with Crippen molar-refractivity contribution < 1.29 is 0 Å². The Kier molecular flexibility index (Phi) is 3.36. The maximum atomic E-state index is 3.56. The highest BCUT2D eigenvalue weighted by molar-refractivity contribution is 9.10. The molecule has 0 bridgehead atoms. The minimum atomic E-state index is 1.11. The first-order chi connectivity index (χ1) is 12.3. The predicted octanol–water partition coefficient (Wildman–Crippen LogP) is 7.58. The number of rotatable bonds is 1. The van der Waals surface area contributed by atoms with Gasteiger partial charge in [-0.3, -0.25) is 0 Å². The smallest absolute Gasteiger partial charge is 0.0181 e. The van der Waals surface area contributed by atoms with Gasteiger partial charge in [0.2, 0.25) is 0 Å². The van der Waals surface area contributed by atoms with Crippen LogP contribution in [-0.2, 0) is 0 Å². The molecule has 0 aliphatic rings. The average Bonchev–Trinajstić information content (AvgIpc) is 2.67. The van der Waals surface area contributed by atoms with Gasteiger partial charge in [-0.05, 0) is 67.7 Å². The molecule has 0 N–H and O–H groups in total. The average molecular weight is 383 g/mol. The lowest BCUT2D eigenvalue weighted by molar-refractivity contribution is 1.68.